The number of hydrogen-bond donors (Lipinski definition) is 1. The van der Waals surface area contributed by atoms with E-state index < -0.39 is 0 Å². The highest BCUT2D eigenvalue weighted by atomic mass is 16.1. The molecule has 21 heavy (non-hydrogen) atoms. The molecule has 1 N–H and O–H groups in total. The van der Waals surface area contributed by atoms with Crippen molar-refractivity contribution in [3.05, 3.63) is 22.6 Å². The smallest absolute Gasteiger partial charge is 0.268 e. The Morgan fingerprint density at radius 3 is 2.62 bits per heavy atom. The van der Waals surface area contributed by atoms with E-state index in [0.29, 0.717) is 12.5 Å². The average Bonchev–Trinajstić information content (AvgIpc) is 2.45. The third-order valence-electron chi connectivity index (χ3n) is 3.78. The minimum Gasteiger partial charge on any atom is -0.368 e. The summed E-state index contributed by atoms with van der Waals surface area (Å²) in [4.78, 5) is 16.6. The zero-order valence-electron chi connectivity index (χ0n) is 13.4. The van der Waals surface area contributed by atoms with Crippen molar-refractivity contribution in [3.63, 3.8) is 0 Å². The van der Waals surface area contributed by atoms with Crippen molar-refractivity contribution in [1.29, 1.82) is 0 Å². The molecular formula is C15H27N5O. The Hall–Kier alpha value is -1.40. The lowest BCUT2D eigenvalue weighted by Gasteiger charge is -2.33. The van der Waals surface area contributed by atoms with Gasteiger partial charge in [0.15, 0.2) is 0 Å². The molecule has 0 atom stereocenters. The van der Waals surface area contributed by atoms with Gasteiger partial charge in [-0.2, -0.15) is 5.10 Å². The Kier molecular flexibility index (Phi) is 5.76. The third kappa shape index (κ3) is 4.82. The van der Waals surface area contributed by atoms with E-state index in [1.807, 2.05) is 6.20 Å². The predicted octanol–water partition coefficient (Wildman–Crippen LogP) is 0.241. The highest BCUT2D eigenvalue weighted by Crippen LogP contribution is 2.11. The fourth-order valence-electron chi connectivity index (χ4n) is 2.41. The van der Waals surface area contributed by atoms with E-state index in [1.54, 1.807) is 6.07 Å². The lowest BCUT2D eigenvalue weighted by atomic mass is 10.2. The molecule has 6 nitrogen and oxygen atoms in total. The minimum absolute atomic E-state index is 0.0159. The first-order valence-corrected chi connectivity index (χ1v) is 7.77. The van der Waals surface area contributed by atoms with Crippen molar-refractivity contribution in [2.24, 2.45) is 5.92 Å². The lowest BCUT2D eigenvalue weighted by Crippen LogP contribution is -2.45. The first kappa shape index (κ1) is 16.0. The molecule has 1 fully saturated rings. The molecule has 0 saturated carbocycles. The van der Waals surface area contributed by atoms with Crippen molar-refractivity contribution < 1.29 is 0 Å². The first-order valence-electron chi connectivity index (χ1n) is 7.77. The van der Waals surface area contributed by atoms with Gasteiger partial charge in [0.2, 0.25) is 0 Å². The van der Waals surface area contributed by atoms with Gasteiger partial charge in [-0.15, -0.1) is 0 Å². The van der Waals surface area contributed by atoms with Crippen LogP contribution in [0.15, 0.2) is 17.1 Å². The zero-order valence-corrected chi connectivity index (χ0v) is 13.4. The molecule has 0 spiro atoms. The number of hydrogen-bond acceptors (Lipinski definition) is 5. The summed E-state index contributed by atoms with van der Waals surface area (Å²) >= 11 is 0. The van der Waals surface area contributed by atoms with E-state index in [0.717, 1.165) is 45.0 Å². The number of nitrogens with zero attached hydrogens (tertiary/aromatic N) is 4. The molecule has 0 bridgehead atoms. The average molecular weight is 293 g/mol. The van der Waals surface area contributed by atoms with E-state index >= 15 is 0 Å². The predicted molar refractivity (Wildman–Crippen MR) is 85.9 cm³/mol. The molecule has 0 amide bonds. The molecule has 0 aromatic carbocycles. The lowest BCUT2D eigenvalue weighted by molar-refractivity contribution is 0.312. The van der Waals surface area contributed by atoms with Crippen molar-refractivity contribution in [2.45, 2.75) is 20.4 Å². The number of aromatic nitrogens is 2. The van der Waals surface area contributed by atoms with Crippen LogP contribution in [0.5, 0.6) is 0 Å². The molecule has 2 rings (SSSR count). The summed E-state index contributed by atoms with van der Waals surface area (Å²) in [5, 5.41) is 7.63. The van der Waals surface area contributed by atoms with E-state index in [2.05, 4.69) is 41.1 Å². The van der Waals surface area contributed by atoms with Crippen LogP contribution in [0.3, 0.4) is 0 Å². The molecule has 0 radical (unpaired) electrons. The Morgan fingerprint density at radius 1 is 1.29 bits per heavy atom. The number of rotatable bonds is 6. The van der Waals surface area contributed by atoms with Gasteiger partial charge in [-0.1, -0.05) is 13.8 Å². The van der Waals surface area contributed by atoms with Crippen LogP contribution < -0.4 is 15.8 Å². The number of piperazine rings is 1. The Labute approximate surface area is 126 Å². The molecule has 1 aliphatic rings. The molecule has 2 heterocycles. The van der Waals surface area contributed by atoms with Crippen LogP contribution in [0.4, 0.5) is 5.69 Å². The molecule has 1 aromatic rings. The van der Waals surface area contributed by atoms with E-state index in [4.69, 9.17) is 0 Å². The van der Waals surface area contributed by atoms with E-state index in [1.165, 1.54) is 4.68 Å². The molecule has 0 unspecified atom stereocenters. The summed E-state index contributed by atoms with van der Waals surface area (Å²) in [5.41, 5.74) is 0.928. The van der Waals surface area contributed by atoms with Crippen LogP contribution in [0.2, 0.25) is 0 Å². The maximum absolute atomic E-state index is 12.1. The van der Waals surface area contributed by atoms with Gasteiger partial charge >= 0.3 is 0 Å². The molecule has 118 valence electrons. The zero-order chi connectivity index (χ0) is 15.2. The minimum atomic E-state index is -0.0159. The Morgan fingerprint density at radius 2 is 2.00 bits per heavy atom. The van der Waals surface area contributed by atoms with Crippen LogP contribution >= 0.6 is 0 Å². The molecule has 0 aliphatic carbocycles. The second kappa shape index (κ2) is 7.56. The fraction of sp³-hybridized carbons (Fsp3) is 0.733. The second-order valence-corrected chi connectivity index (χ2v) is 6.16. The van der Waals surface area contributed by atoms with Crippen molar-refractivity contribution in [1.82, 2.24) is 20.0 Å². The maximum Gasteiger partial charge on any atom is 0.268 e. The Bertz CT molecular complexity index is 491. The van der Waals surface area contributed by atoms with Gasteiger partial charge in [0.05, 0.1) is 18.4 Å². The largest absolute Gasteiger partial charge is 0.368 e. The molecule has 6 heteroatoms. The molecular weight excluding hydrogens is 266 g/mol. The fourth-order valence-corrected chi connectivity index (χ4v) is 2.41. The van der Waals surface area contributed by atoms with Crippen molar-refractivity contribution in [2.75, 3.05) is 51.2 Å². The summed E-state index contributed by atoms with van der Waals surface area (Å²) in [5.74, 6) is 0.620. The van der Waals surface area contributed by atoms with E-state index in [9.17, 15) is 4.79 Å². The summed E-state index contributed by atoms with van der Waals surface area (Å²) in [7, 11) is 2.12. The molecule has 1 saturated heterocycles. The highest BCUT2D eigenvalue weighted by Gasteiger charge is 2.15. The quantitative estimate of drug-likeness (QED) is 0.762. The van der Waals surface area contributed by atoms with Crippen molar-refractivity contribution >= 4 is 5.69 Å². The standard InChI is InChI=1S/C15H27N5O/c1-13(2)11-16-4-5-20-15(21)10-14(12-17-20)19-8-6-18(3)7-9-19/h10,12-13,16H,4-9,11H2,1-3H3. The van der Waals surface area contributed by atoms with Crippen LogP contribution in [0.25, 0.3) is 0 Å². The monoisotopic (exact) mass is 293 g/mol. The molecule has 1 aromatic heterocycles. The summed E-state index contributed by atoms with van der Waals surface area (Å²) in [6.45, 7) is 10.7. The molecule has 1 aliphatic heterocycles. The number of likely N-dealkylation sites (N-methyl/N-ethyl adjacent to an activating group) is 1. The summed E-state index contributed by atoms with van der Waals surface area (Å²) < 4.78 is 1.53. The number of nitrogens with one attached hydrogen (secondary N) is 1. The third-order valence-corrected chi connectivity index (χ3v) is 3.78. The topological polar surface area (TPSA) is 53.4 Å². The summed E-state index contributed by atoms with van der Waals surface area (Å²) in [6.07, 6.45) is 1.81. The second-order valence-electron chi connectivity index (χ2n) is 6.16. The van der Waals surface area contributed by atoms with Crippen LogP contribution in [0.1, 0.15) is 13.8 Å². The van der Waals surface area contributed by atoms with Gasteiger partial charge in [0, 0.05) is 38.8 Å². The summed E-state index contributed by atoms with van der Waals surface area (Å²) in [6, 6.07) is 1.71. The van der Waals surface area contributed by atoms with Gasteiger partial charge < -0.3 is 15.1 Å². The number of anilines is 1. The van der Waals surface area contributed by atoms with Crippen LogP contribution in [-0.2, 0) is 6.54 Å². The first-order chi connectivity index (χ1) is 10.1. The van der Waals surface area contributed by atoms with Crippen LogP contribution in [-0.4, -0.2) is 61.0 Å². The Balaban J connectivity index is 1.90. The van der Waals surface area contributed by atoms with Gasteiger partial charge in [-0.25, -0.2) is 4.68 Å². The van der Waals surface area contributed by atoms with Gasteiger partial charge in [-0.05, 0) is 19.5 Å². The maximum atomic E-state index is 12.1. The van der Waals surface area contributed by atoms with E-state index in [-0.39, 0.29) is 5.56 Å². The van der Waals surface area contributed by atoms with Gasteiger partial charge in [0.1, 0.15) is 0 Å². The van der Waals surface area contributed by atoms with Gasteiger partial charge in [0.25, 0.3) is 5.56 Å². The highest BCUT2D eigenvalue weighted by molar-refractivity contribution is 5.43. The normalized spacial score (nSPS) is 16.7. The SMILES string of the molecule is CC(C)CNCCn1ncc(N2CCN(C)CC2)cc1=O. The van der Waals surface area contributed by atoms with Crippen molar-refractivity contribution in [3.8, 4) is 0 Å². The van der Waals surface area contributed by atoms with Gasteiger partial charge in [-0.3, -0.25) is 4.79 Å². The van der Waals surface area contributed by atoms with Crippen LogP contribution in [0, 0.1) is 5.92 Å².